The molecular weight excluding hydrogens is 275 g/mol. The number of nitrogens with zero attached hydrogens (tertiary/aromatic N) is 2. The second-order valence-corrected chi connectivity index (χ2v) is 5.49. The van der Waals surface area contributed by atoms with E-state index in [1.807, 2.05) is 33.1 Å². The average molecular weight is 293 g/mol. The van der Waals surface area contributed by atoms with Crippen LogP contribution in [0.3, 0.4) is 0 Å². The lowest BCUT2D eigenvalue weighted by Gasteiger charge is -2.30. The fourth-order valence-corrected chi connectivity index (χ4v) is 0.691. The molecule has 0 aromatic heterocycles. The monoisotopic (exact) mass is 293 g/mol. The first-order valence-electron chi connectivity index (χ1n) is 4.78. The molecule has 0 aromatic carbocycles. The standard InChI is InChI=1S/C7H18N3.CHF3O3S/c1-6-10(4,5)7(8)9(2)3;2-1(3,4)8(5,6)7/h8H,6H2,1-5H3;(H,5,6,7)/q+1;/p-1. The zero-order valence-electron chi connectivity index (χ0n) is 10.9. The minimum Gasteiger partial charge on any atom is -0.741 e. The van der Waals surface area contributed by atoms with Gasteiger partial charge >= 0.3 is 5.51 Å². The van der Waals surface area contributed by atoms with Crippen LogP contribution in [0.25, 0.3) is 0 Å². The Kier molecular flexibility index (Phi) is 6.86. The quantitative estimate of drug-likeness (QED) is 0.253. The number of quaternary nitrogens is 1. The van der Waals surface area contributed by atoms with E-state index in [0.717, 1.165) is 6.54 Å². The first-order valence-corrected chi connectivity index (χ1v) is 6.19. The zero-order valence-corrected chi connectivity index (χ0v) is 11.7. The molecule has 0 saturated carbocycles. The van der Waals surface area contributed by atoms with Gasteiger partial charge in [0.05, 0.1) is 20.6 Å². The van der Waals surface area contributed by atoms with Gasteiger partial charge in [-0.25, -0.2) is 13.8 Å². The second-order valence-electron chi connectivity index (χ2n) is 4.12. The number of guanidine groups is 1. The summed E-state index contributed by atoms with van der Waals surface area (Å²) >= 11 is 0. The number of hydrogen-bond donors (Lipinski definition) is 1. The van der Waals surface area contributed by atoms with Crippen LogP contribution in [-0.4, -0.2) is 68.6 Å². The third kappa shape index (κ3) is 6.77. The molecule has 0 atom stereocenters. The molecule has 0 aromatic rings. The average Bonchev–Trinajstić information content (AvgIpc) is 2.14. The lowest BCUT2D eigenvalue weighted by molar-refractivity contribution is -0.803. The highest BCUT2D eigenvalue weighted by Gasteiger charge is 2.36. The van der Waals surface area contributed by atoms with Crippen LogP contribution in [0.4, 0.5) is 13.2 Å². The number of hydrogen-bond acceptors (Lipinski definition) is 4. The molecule has 6 nitrogen and oxygen atoms in total. The van der Waals surface area contributed by atoms with Crippen molar-refractivity contribution < 1.29 is 30.6 Å². The van der Waals surface area contributed by atoms with E-state index in [9.17, 15) is 13.2 Å². The molecular formula is C8H18F3N3O3S. The highest BCUT2D eigenvalue weighted by Crippen LogP contribution is 2.20. The van der Waals surface area contributed by atoms with Crippen LogP contribution in [0.2, 0.25) is 0 Å². The Hall–Kier alpha value is -0.870. The molecule has 0 heterocycles. The summed E-state index contributed by atoms with van der Waals surface area (Å²) in [6.45, 7) is 3.04. The van der Waals surface area contributed by atoms with Gasteiger partial charge in [-0.15, -0.1) is 0 Å². The smallest absolute Gasteiger partial charge is 0.485 e. The Morgan fingerprint density at radius 2 is 1.61 bits per heavy atom. The van der Waals surface area contributed by atoms with Crippen LogP contribution >= 0.6 is 0 Å². The lowest BCUT2D eigenvalue weighted by Crippen LogP contribution is -2.51. The molecule has 0 radical (unpaired) electrons. The van der Waals surface area contributed by atoms with Gasteiger partial charge in [-0.05, 0) is 6.92 Å². The van der Waals surface area contributed by atoms with E-state index in [2.05, 4.69) is 6.92 Å². The summed E-state index contributed by atoms with van der Waals surface area (Å²) in [5.74, 6) is 0.641. The van der Waals surface area contributed by atoms with E-state index < -0.39 is 15.6 Å². The molecule has 0 aliphatic heterocycles. The van der Waals surface area contributed by atoms with Crippen molar-refractivity contribution in [2.24, 2.45) is 0 Å². The number of rotatable bonds is 1. The van der Waals surface area contributed by atoms with Crippen LogP contribution in [0, 0.1) is 5.41 Å². The summed E-state index contributed by atoms with van der Waals surface area (Å²) in [5, 5.41) is 7.64. The van der Waals surface area contributed by atoms with Crippen LogP contribution in [0.1, 0.15) is 6.92 Å². The van der Waals surface area contributed by atoms with Crippen molar-refractivity contribution in [3.8, 4) is 0 Å². The zero-order chi connectivity index (χ0) is 15.4. The van der Waals surface area contributed by atoms with Crippen molar-refractivity contribution in [2.75, 3.05) is 34.7 Å². The van der Waals surface area contributed by atoms with E-state index in [-0.39, 0.29) is 0 Å². The normalized spacial score (nSPS) is 12.5. The fourth-order valence-electron chi connectivity index (χ4n) is 0.691. The van der Waals surface area contributed by atoms with Crippen molar-refractivity contribution in [2.45, 2.75) is 12.4 Å². The largest absolute Gasteiger partial charge is 0.741 e. The first-order chi connectivity index (χ1) is 7.66. The SMILES string of the molecule is CC[N+](C)(C)C(=N)N(C)C.O=S(=O)([O-])C(F)(F)F. The van der Waals surface area contributed by atoms with Gasteiger partial charge in [-0.3, -0.25) is 4.48 Å². The van der Waals surface area contributed by atoms with Crippen molar-refractivity contribution in [1.82, 2.24) is 4.90 Å². The second kappa shape index (κ2) is 6.34. The molecule has 0 fully saturated rings. The van der Waals surface area contributed by atoms with Gasteiger partial charge in [-0.1, -0.05) is 0 Å². The number of nitrogens with one attached hydrogen (secondary N) is 1. The van der Waals surface area contributed by atoms with Gasteiger partial charge < -0.3 is 9.45 Å². The van der Waals surface area contributed by atoms with Gasteiger partial charge in [0.2, 0.25) is 0 Å². The van der Waals surface area contributed by atoms with Gasteiger partial charge in [-0.2, -0.15) is 13.2 Å². The summed E-state index contributed by atoms with van der Waals surface area (Å²) in [4.78, 5) is 1.84. The molecule has 110 valence electrons. The molecule has 0 aliphatic rings. The van der Waals surface area contributed by atoms with E-state index in [1.54, 1.807) is 0 Å². The summed E-state index contributed by atoms with van der Waals surface area (Å²) in [5.41, 5.74) is -5.65. The molecule has 0 unspecified atom stereocenters. The maximum atomic E-state index is 10.7. The van der Waals surface area contributed by atoms with E-state index in [0.29, 0.717) is 10.4 Å². The molecule has 0 bridgehead atoms. The summed E-state index contributed by atoms with van der Waals surface area (Å²) in [6, 6.07) is 0. The molecule has 0 saturated heterocycles. The molecule has 1 N–H and O–H groups in total. The molecule has 0 aliphatic carbocycles. The predicted octanol–water partition coefficient (Wildman–Crippen LogP) is 0.630. The summed E-state index contributed by atoms with van der Waals surface area (Å²) in [7, 11) is 1.77. The highest BCUT2D eigenvalue weighted by molar-refractivity contribution is 7.86. The first kappa shape index (κ1) is 19.5. The minimum absolute atomic E-state index is 0.641. The fraction of sp³-hybridized carbons (Fsp3) is 0.875. The Bertz CT molecular complexity index is 377. The Morgan fingerprint density at radius 3 is 1.67 bits per heavy atom. The number of alkyl halides is 3. The maximum Gasteiger partial charge on any atom is 0.485 e. The van der Waals surface area contributed by atoms with Crippen molar-refractivity contribution >= 4 is 16.1 Å². The van der Waals surface area contributed by atoms with E-state index in [4.69, 9.17) is 18.4 Å². The predicted molar refractivity (Wildman–Crippen MR) is 59.8 cm³/mol. The van der Waals surface area contributed by atoms with Crippen LogP contribution in [0.5, 0.6) is 0 Å². The van der Waals surface area contributed by atoms with E-state index in [1.165, 1.54) is 0 Å². The van der Waals surface area contributed by atoms with Gasteiger partial charge in [0.1, 0.15) is 0 Å². The van der Waals surface area contributed by atoms with Crippen LogP contribution < -0.4 is 0 Å². The lowest BCUT2D eigenvalue weighted by atomic mass is 10.5. The third-order valence-corrected chi connectivity index (χ3v) is 2.64. The minimum atomic E-state index is -6.09. The maximum absolute atomic E-state index is 10.7. The van der Waals surface area contributed by atoms with Gasteiger partial charge in [0, 0.05) is 14.1 Å². The highest BCUT2D eigenvalue weighted by atomic mass is 32.2. The van der Waals surface area contributed by atoms with Gasteiger partial charge in [0.25, 0.3) is 5.96 Å². The number of halogens is 3. The molecule has 0 amide bonds. The Morgan fingerprint density at radius 1 is 1.33 bits per heavy atom. The molecule has 0 rings (SSSR count). The Labute approximate surface area is 105 Å². The Balaban J connectivity index is 0. The molecule has 10 heteroatoms. The molecule has 0 spiro atoms. The third-order valence-electron chi connectivity index (χ3n) is 2.07. The topological polar surface area (TPSA) is 84.3 Å². The van der Waals surface area contributed by atoms with Crippen molar-refractivity contribution in [3.05, 3.63) is 0 Å². The van der Waals surface area contributed by atoms with Gasteiger partial charge in [0.15, 0.2) is 10.1 Å². The van der Waals surface area contributed by atoms with E-state index >= 15 is 0 Å². The molecule has 18 heavy (non-hydrogen) atoms. The van der Waals surface area contributed by atoms with Crippen molar-refractivity contribution in [1.29, 1.82) is 5.41 Å². The van der Waals surface area contributed by atoms with Crippen LogP contribution in [-0.2, 0) is 10.1 Å². The van der Waals surface area contributed by atoms with Crippen LogP contribution in [0.15, 0.2) is 0 Å². The summed E-state index contributed by atoms with van der Waals surface area (Å²) in [6.07, 6.45) is 0. The summed E-state index contributed by atoms with van der Waals surface area (Å²) < 4.78 is 59.5. The van der Waals surface area contributed by atoms with Crippen molar-refractivity contribution in [3.63, 3.8) is 0 Å².